The zero-order chi connectivity index (χ0) is 18.8. The second-order valence-electron chi connectivity index (χ2n) is 5.99. The van der Waals surface area contributed by atoms with E-state index in [0.29, 0.717) is 21.6 Å². The SMILES string of the molecule is COC(=O)c1c(Br)cc(Nc2ccc(N3CCOCC3)cn2)c2nccn12. The number of anilines is 3. The molecule has 4 heterocycles. The van der Waals surface area contributed by atoms with Crippen LogP contribution in [0.5, 0.6) is 0 Å². The van der Waals surface area contributed by atoms with Crippen molar-refractivity contribution in [3.05, 3.63) is 47.0 Å². The molecule has 0 radical (unpaired) electrons. The molecular weight excluding hydrogens is 414 g/mol. The van der Waals surface area contributed by atoms with Gasteiger partial charge in [0.15, 0.2) is 5.65 Å². The highest BCUT2D eigenvalue weighted by atomic mass is 79.9. The predicted molar refractivity (Wildman–Crippen MR) is 105 cm³/mol. The molecule has 8 nitrogen and oxygen atoms in total. The highest BCUT2D eigenvalue weighted by Crippen LogP contribution is 2.29. The lowest BCUT2D eigenvalue weighted by Gasteiger charge is -2.28. The minimum Gasteiger partial charge on any atom is -0.464 e. The van der Waals surface area contributed by atoms with Gasteiger partial charge in [0.2, 0.25) is 0 Å². The molecule has 0 spiro atoms. The van der Waals surface area contributed by atoms with Gasteiger partial charge in [-0.2, -0.15) is 0 Å². The average Bonchev–Trinajstić information content (AvgIpc) is 3.18. The van der Waals surface area contributed by atoms with Crippen molar-refractivity contribution in [3.63, 3.8) is 0 Å². The topological polar surface area (TPSA) is 81.0 Å². The summed E-state index contributed by atoms with van der Waals surface area (Å²) in [7, 11) is 1.35. The summed E-state index contributed by atoms with van der Waals surface area (Å²) in [6, 6.07) is 5.75. The van der Waals surface area contributed by atoms with E-state index in [1.807, 2.05) is 18.3 Å². The molecule has 3 aromatic rings. The third-order valence-corrected chi connectivity index (χ3v) is 4.99. The maximum absolute atomic E-state index is 12.1. The molecule has 1 aliphatic rings. The van der Waals surface area contributed by atoms with E-state index in [-0.39, 0.29) is 0 Å². The molecule has 3 aromatic heterocycles. The van der Waals surface area contributed by atoms with Gasteiger partial charge in [-0.3, -0.25) is 4.40 Å². The normalized spacial score (nSPS) is 14.4. The van der Waals surface area contributed by atoms with Crippen LogP contribution in [0.4, 0.5) is 17.2 Å². The van der Waals surface area contributed by atoms with Gasteiger partial charge in [0.25, 0.3) is 0 Å². The van der Waals surface area contributed by atoms with Gasteiger partial charge in [-0.25, -0.2) is 14.8 Å². The summed E-state index contributed by atoms with van der Waals surface area (Å²) in [5.41, 5.74) is 2.78. The number of methoxy groups -OCH3 is 1. The third-order valence-electron chi connectivity index (χ3n) is 4.39. The third kappa shape index (κ3) is 3.47. The summed E-state index contributed by atoms with van der Waals surface area (Å²) >= 11 is 3.44. The van der Waals surface area contributed by atoms with Crippen molar-refractivity contribution in [1.29, 1.82) is 0 Å². The van der Waals surface area contributed by atoms with E-state index in [1.54, 1.807) is 22.9 Å². The second kappa shape index (κ2) is 7.53. The highest BCUT2D eigenvalue weighted by Gasteiger charge is 2.19. The fourth-order valence-corrected chi connectivity index (χ4v) is 3.63. The number of rotatable bonds is 4. The fraction of sp³-hybridized carbons (Fsp3) is 0.278. The Bertz CT molecular complexity index is 967. The summed E-state index contributed by atoms with van der Waals surface area (Å²) < 4.78 is 12.5. The van der Waals surface area contributed by atoms with E-state index in [4.69, 9.17) is 9.47 Å². The van der Waals surface area contributed by atoms with Gasteiger partial charge < -0.3 is 19.7 Å². The number of carbonyl (C=O) groups excluding carboxylic acids is 1. The second-order valence-corrected chi connectivity index (χ2v) is 6.85. The Morgan fingerprint density at radius 3 is 2.81 bits per heavy atom. The van der Waals surface area contributed by atoms with Crippen molar-refractivity contribution < 1.29 is 14.3 Å². The van der Waals surface area contributed by atoms with Crippen LogP contribution in [0.1, 0.15) is 10.5 Å². The summed E-state index contributed by atoms with van der Waals surface area (Å²) in [5, 5.41) is 3.27. The lowest BCUT2D eigenvalue weighted by Crippen LogP contribution is -2.36. The molecule has 27 heavy (non-hydrogen) atoms. The van der Waals surface area contributed by atoms with Gasteiger partial charge in [-0.05, 0) is 34.1 Å². The Hall–Kier alpha value is -2.65. The van der Waals surface area contributed by atoms with Gasteiger partial charge in [0.1, 0.15) is 11.5 Å². The molecule has 0 aromatic carbocycles. The number of nitrogens with one attached hydrogen (secondary N) is 1. The number of aromatic nitrogens is 3. The average molecular weight is 432 g/mol. The molecule has 0 atom stereocenters. The first kappa shape index (κ1) is 17.7. The standard InChI is InChI=1S/C18H18BrN5O3/c1-26-18(25)16-13(19)10-14(17-20-4-5-24(16)17)22-15-3-2-12(11-21-15)23-6-8-27-9-7-23/h2-5,10-11H,6-9H2,1H3,(H,21,22). The predicted octanol–water partition coefficient (Wildman–Crippen LogP) is 2.86. The molecule has 0 amide bonds. The molecule has 0 bridgehead atoms. The summed E-state index contributed by atoms with van der Waals surface area (Å²) in [6.45, 7) is 3.20. The fourth-order valence-electron chi connectivity index (χ4n) is 3.05. The van der Waals surface area contributed by atoms with Crippen LogP contribution in [-0.4, -0.2) is 53.8 Å². The number of carbonyl (C=O) groups is 1. The van der Waals surface area contributed by atoms with Crippen molar-refractivity contribution >= 4 is 44.7 Å². The van der Waals surface area contributed by atoms with Crippen molar-refractivity contribution in [2.75, 3.05) is 43.6 Å². The number of hydrogen-bond donors (Lipinski definition) is 1. The smallest absolute Gasteiger partial charge is 0.356 e. The summed E-state index contributed by atoms with van der Waals surface area (Å²) in [5.74, 6) is 0.249. The van der Waals surface area contributed by atoms with Gasteiger partial charge in [-0.1, -0.05) is 0 Å². The first-order valence-electron chi connectivity index (χ1n) is 8.47. The van der Waals surface area contributed by atoms with E-state index >= 15 is 0 Å². The number of ether oxygens (including phenoxy) is 2. The minimum atomic E-state index is -0.440. The highest BCUT2D eigenvalue weighted by molar-refractivity contribution is 9.10. The summed E-state index contributed by atoms with van der Waals surface area (Å²) in [6.07, 6.45) is 5.19. The molecule has 1 aliphatic heterocycles. The van der Waals surface area contributed by atoms with Crippen LogP contribution < -0.4 is 10.2 Å². The number of nitrogens with zero attached hydrogens (tertiary/aromatic N) is 4. The van der Waals surface area contributed by atoms with Gasteiger partial charge in [0.05, 0.1) is 42.4 Å². The monoisotopic (exact) mass is 431 g/mol. The molecule has 0 aliphatic carbocycles. The molecule has 4 rings (SSSR count). The molecule has 9 heteroatoms. The lowest BCUT2D eigenvalue weighted by atomic mass is 10.3. The van der Waals surface area contributed by atoms with E-state index in [0.717, 1.165) is 37.7 Å². The maximum atomic E-state index is 12.1. The molecular formula is C18H18BrN5O3. The van der Waals surface area contributed by atoms with E-state index < -0.39 is 5.97 Å². The number of halogens is 1. The van der Waals surface area contributed by atoms with Gasteiger partial charge >= 0.3 is 5.97 Å². The zero-order valence-electron chi connectivity index (χ0n) is 14.7. The molecule has 1 N–H and O–H groups in total. The van der Waals surface area contributed by atoms with Crippen molar-refractivity contribution in [2.45, 2.75) is 0 Å². The first-order chi connectivity index (χ1) is 13.2. The largest absolute Gasteiger partial charge is 0.464 e. The minimum absolute atomic E-state index is 0.381. The zero-order valence-corrected chi connectivity index (χ0v) is 16.3. The van der Waals surface area contributed by atoms with Crippen LogP contribution in [0.3, 0.4) is 0 Å². The number of hydrogen-bond acceptors (Lipinski definition) is 7. The Balaban J connectivity index is 1.62. The van der Waals surface area contributed by atoms with Gasteiger partial charge in [0, 0.05) is 25.5 Å². The van der Waals surface area contributed by atoms with E-state index in [9.17, 15) is 4.79 Å². The Morgan fingerprint density at radius 1 is 1.30 bits per heavy atom. The Labute approximate surface area is 164 Å². The summed E-state index contributed by atoms with van der Waals surface area (Å²) in [4.78, 5) is 23.2. The van der Waals surface area contributed by atoms with Crippen molar-refractivity contribution in [2.24, 2.45) is 0 Å². The van der Waals surface area contributed by atoms with Crippen LogP contribution in [-0.2, 0) is 9.47 Å². The van der Waals surface area contributed by atoms with Crippen LogP contribution in [0.15, 0.2) is 41.3 Å². The maximum Gasteiger partial charge on any atom is 0.356 e. The number of imidazole rings is 1. The Kier molecular flexibility index (Phi) is 4.95. The number of morpholine rings is 1. The number of esters is 1. The molecule has 0 saturated carbocycles. The molecule has 1 fully saturated rings. The molecule has 1 saturated heterocycles. The number of fused-ring (bicyclic) bond motifs is 1. The van der Waals surface area contributed by atoms with Crippen molar-refractivity contribution in [3.8, 4) is 0 Å². The first-order valence-corrected chi connectivity index (χ1v) is 9.26. The van der Waals surface area contributed by atoms with Crippen molar-refractivity contribution in [1.82, 2.24) is 14.4 Å². The van der Waals surface area contributed by atoms with Crippen LogP contribution in [0, 0.1) is 0 Å². The van der Waals surface area contributed by atoms with Gasteiger partial charge in [-0.15, -0.1) is 0 Å². The number of pyridine rings is 2. The van der Waals surface area contributed by atoms with Crippen LogP contribution in [0.25, 0.3) is 5.65 Å². The van der Waals surface area contributed by atoms with Crippen LogP contribution >= 0.6 is 15.9 Å². The van der Waals surface area contributed by atoms with Crippen LogP contribution in [0.2, 0.25) is 0 Å². The van der Waals surface area contributed by atoms with E-state index in [2.05, 4.69) is 36.1 Å². The lowest BCUT2D eigenvalue weighted by molar-refractivity contribution is 0.0591. The van der Waals surface area contributed by atoms with E-state index in [1.165, 1.54) is 7.11 Å². The Morgan fingerprint density at radius 2 is 2.11 bits per heavy atom. The quantitative estimate of drug-likeness (QED) is 0.635. The molecule has 140 valence electrons. The molecule has 0 unspecified atom stereocenters.